The summed E-state index contributed by atoms with van der Waals surface area (Å²) in [6.45, 7) is 5.50. The fourth-order valence-corrected chi connectivity index (χ4v) is 2.96. The second-order valence-electron chi connectivity index (χ2n) is 6.86. The molecule has 0 unspecified atom stereocenters. The Morgan fingerprint density at radius 1 is 1.35 bits per heavy atom. The Morgan fingerprint density at radius 3 is 2.40 bits per heavy atom. The van der Waals surface area contributed by atoms with Gasteiger partial charge in [-0.15, -0.1) is 0 Å². The average Bonchev–Trinajstić information content (AvgIpc) is 3.12. The fraction of sp³-hybridized carbons (Fsp3) is 0.867. The van der Waals surface area contributed by atoms with Crippen LogP contribution in [0.2, 0.25) is 0 Å². The number of rotatable bonds is 7. The van der Waals surface area contributed by atoms with Crippen LogP contribution in [0, 0.1) is 11.3 Å². The Hall–Kier alpha value is -1.26. The first-order chi connectivity index (χ1) is 9.42. The number of hydrogen-bond donors (Lipinski definition) is 2. The Bertz CT molecular complexity index is 373. The third kappa shape index (κ3) is 3.87. The second-order valence-corrected chi connectivity index (χ2v) is 6.86. The summed E-state index contributed by atoms with van der Waals surface area (Å²) >= 11 is 0. The molecular formula is C15H26N2O3. The van der Waals surface area contributed by atoms with E-state index in [1.165, 1.54) is 0 Å². The number of nitrogens with one attached hydrogen (secondary N) is 1. The van der Waals surface area contributed by atoms with Gasteiger partial charge < -0.3 is 15.3 Å². The zero-order chi connectivity index (χ0) is 14.8. The maximum atomic E-state index is 12.3. The summed E-state index contributed by atoms with van der Waals surface area (Å²) in [4.78, 5) is 25.2. The molecule has 20 heavy (non-hydrogen) atoms. The largest absolute Gasteiger partial charge is 0.481 e. The molecule has 2 aliphatic rings. The lowest BCUT2D eigenvalue weighted by Crippen LogP contribution is -2.49. The van der Waals surface area contributed by atoms with Crippen LogP contribution < -0.4 is 5.32 Å². The number of aliphatic carboxylic acids is 1. The van der Waals surface area contributed by atoms with Crippen LogP contribution in [0.15, 0.2) is 0 Å². The van der Waals surface area contributed by atoms with Gasteiger partial charge in [0.15, 0.2) is 0 Å². The molecule has 0 saturated heterocycles. The lowest BCUT2D eigenvalue weighted by molar-refractivity contribution is -0.141. The minimum Gasteiger partial charge on any atom is -0.481 e. The zero-order valence-corrected chi connectivity index (χ0v) is 12.5. The molecule has 0 atom stereocenters. The second kappa shape index (κ2) is 6.02. The summed E-state index contributed by atoms with van der Waals surface area (Å²) in [5.41, 5.74) is -0.200. The molecule has 2 saturated carbocycles. The average molecular weight is 282 g/mol. The molecule has 2 rings (SSSR count). The van der Waals surface area contributed by atoms with Crippen molar-refractivity contribution in [2.24, 2.45) is 11.3 Å². The molecule has 5 heteroatoms. The van der Waals surface area contributed by atoms with Crippen molar-refractivity contribution >= 4 is 12.0 Å². The molecule has 0 spiro atoms. The van der Waals surface area contributed by atoms with Crippen molar-refractivity contribution in [2.45, 2.75) is 58.4 Å². The van der Waals surface area contributed by atoms with Gasteiger partial charge in [-0.1, -0.05) is 20.3 Å². The Kier molecular flexibility index (Phi) is 4.55. The molecule has 0 radical (unpaired) electrons. The third-order valence-corrected chi connectivity index (χ3v) is 4.37. The lowest BCUT2D eigenvalue weighted by atomic mass is 9.66. The van der Waals surface area contributed by atoms with Gasteiger partial charge in [-0.05, 0) is 37.0 Å². The van der Waals surface area contributed by atoms with Crippen molar-refractivity contribution in [3.8, 4) is 0 Å². The molecule has 2 N–H and O–H groups in total. The highest BCUT2D eigenvalue weighted by Crippen LogP contribution is 2.43. The standard InChI is InChI=1S/C15H26N2O3/c1-11(2)9-17(12-4-5-12)14(20)16-10-15(6-3-7-15)8-13(18)19/h11-12H,3-10H2,1-2H3,(H,16,20)(H,18,19). The number of urea groups is 1. The van der Waals surface area contributed by atoms with Gasteiger partial charge in [-0.2, -0.15) is 0 Å². The van der Waals surface area contributed by atoms with Gasteiger partial charge in [0.25, 0.3) is 0 Å². The first kappa shape index (κ1) is 15.1. The lowest BCUT2D eigenvalue weighted by Gasteiger charge is -2.41. The maximum Gasteiger partial charge on any atom is 0.317 e. The summed E-state index contributed by atoms with van der Waals surface area (Å²) in [6, 6.07) is 0.382. The smallest absolute Gasteiger partial charge is 0.317 e. The summed E-state index contributed by atoms with van der Waals surface area (Å²) < 4.78 is 0. The van der Waals surface area contributed by atoms with E-state index in [1.54, 1.807) is 0 Å². The molecule has 2 aliphatic carbocycles. The van der Waals surface area contributed by atoms with Crippen LogP contribution in [0.25, 0.3) is 0 Å². The first-order valence-electron chi connectivity index (χ1n) is 7.68. The summed E-state index contributed by atoms with van der Waals surface area (Å²) in [5, 5.41) is 12.0. The highest BCUT2D eigenvalue weighted by Gasteiger charge is 2.40. The van der Waals surface area contributed by atoms with Crippen molar-refractivity contribution in [2.75, 3.05) is 13.1 Å². The summed E-state index contributed by atoms with van der Waals surface area (Å²) in [5.74, 6) is -0.307. The van der Waals surface area contributed by atoms with Gasteiger partial charge in [0.2, 0.25) is 0 Å². The van der Waals surface area contributed by atoms with E-state index in [0.29, 0.717) is 18.5 Å². The van der Waals surface area contributed by atoms with E-state index in [-0.39, 0.29) is 17.9 Å². The van der Waals surface area contributed by atoms with Crippen LogP contribution in [0.3, 0.4) is 0 Å². The van der Waals surface area contributed by atoms with Crippen LogP contribution in [0.1, 0.15) is 52.4 Å². The molecule has 0 bridgehead atoms. The highest BCUT2D eigenvalue weighted by atomic mass is 16.4. The number of carbonyl (C=O) groups is 2. The zero-order valence-electron chi connectivity index (χ0n) is 12.5. The quantitative estimate of drug-likeness (QED) is 0.753. The molecule has 0 aromatic rings. The van der Waals surface area contributed by atoms with Gasteiger partial charge in [0, 0.05) is 19.1 Å². The monoisotopic (exact) mass is 282 g/mol. The minimum absolute atomic E-state index is 0.0159. The molecule has 0 aromatic carbocycles. The molecular weight excluding hydrogens is 256 g/mol. The van der Waals surface area contributed by atoms with Gasteiger partial charge in [-0.3, -0.25) is 4.79 Å². The number of carboxylic acid groups (broad SMARTS) is 1. The normalized spacial score (nSPS) is 20.4. The number of hydrogen-bond acceptors (Lipinski definition) is 2. The van der Waals surface area contributed by atoms with Crippen molar-refractivity contribution in [1.29, 1.82) is 0 Å². The van der Waals surface area contributed by atoms with E-state index >= 15 is 0 Å². The number of carboxylic acids is 1. The van der Waals surface area contributed by atoms with Crippen molar-refractivity contribution in [3.63, 3.8) is 0 Å². The SMILES string of the molecule is CC(C)CN(C(=O)NCC1(CC(=O)O)CCC1)C1CC1. The predicted molar refractivity (Wildman–Crippen MR) is 76.5 cm³/mol. The van der Waals surface area contributed by atoms with Gasteiger partial charge in [0.1, 0.15) is 0 Å². The maximum absolute atomic E-state index is 12.3. The number of amides is 2. The van der Waals surface area contributed by atoms with Crippen LogP contribution in [0.4, 0.5) is 4.79 Å². The van der Waals surface area contributed by atoms with Crippen molar-refractivity contribution in [3.05, 3.63) is 0 Å². The Morgan fingerprint density at radius 2 is 2.00 bits per heavy atom. The van der Waals surface area contributed by atoms with Crippen molar-refractivity contribution in [1.82, 2.24) is 10.2 Å². The molecule has 0 aliphatic heterocycles. The van der Waals surface area contributed by atoms with E-state index in [0.717, 1.165) is 38.6 Å². The fourth-order valence-electron chi connectivity index (χ4n) is 2.96. The molecule has 5 nitrogen and oxygen atoms in total. The topological polar surface area (TPSA) is 69.6 Å². The van der Waals surface area contributed by atoms with Crippen LogP contribution in [-0.2, 0) is 4.79 Å². The van der Waals surface area contributed by atoms with E-state index in [9.17, 15) is 9.59 Å². The van der Waals surface area contributed by atoms with E-state index in [4.69, 9.17) is 5.11 Å². The number of carbonyl (C=O) groups excluding carboxylic acids is 1. The van der Waals surface area contributed by atoms with E-state index in [2.05, 4.69) is 19.2 Å². The van der Waals surface area contributed by atoms with Gasteiger partial charge >= 0.3 is 12.0 Å². The molecule has 0 heterocycles. The molecule has 2 fully saturated rings. The third-order valence-electron chi connectivity index (χ3n) is 4.37. The summed E-state index contributed by atoms with van der Waals surface area (Å²) in [6.07, 6.45) is 5.25. The van der Waals surface area contributed by atoms with Gasteiger partial charge in [0.05, 0.1) is 6.42 Å². The Labute approximate surface area is 120 Å². The van der Waals surface area contributed by atoms with Crippen LogP contribution >= 0.6 is 0 Å². The predicted octanol–water partition coefficient (Wildman–Crippen LogP) is 2.46. The molecule has 114 valence electrons. The van der Waals surface area contributed by atoms with Crippen LogP contribution in [-0.4, -0.2) is 41.1 Å². The van der Waals surface area contributed by atoms with E-state index < -0.39 is 5.97 Å². The molecule has 0 aromatic heterocycles. The number of nitrogens with zero attached hydrogens (tertiary/aromatic N) is 1. The minimum atomic E-state index is -0.764. The first-order valence-corrected chi connectivity index (χ1v) is 7.68. The van der Waals surface area contributed by atoms with Crippen LogP contribution in [0.5, 0.6) is 0 Å². The Balaban J connectivity index is 1.84. The summed E-state index contributed by atoms with van der Waals surface area (Å²) in [7, 11) is 0. The van der Waals surface area contributed by atoms with Gasteiger partial charge in [-0.25, -0.2) is 4.79 Å². The highest BCUT2D eigenvalue weighted by molar-refractivity contribution is 5.75. The molecule has 2 amide bonds. The van der Waals surface area contributed by atoms with Crippen molar-refractivity contribution < 1.29 is 14.7 Å². The van der Waals surface area contributed by atoms with E-state index in [1.807, 2.05) is 4.90 Å².